The van der Waals surface area contributed by atoms with Crippen LogP contribution in [0.15, 0.2) is 24.3 Å². The largest absolute Gasteiger partial charge is 0.389 e. The van der Waals surface area contributed by atoms with Gasteiger partial charge >= 0.3 is 6.18 Å². The molecule has 3 nitrogen and oxygen atoms in total. The molecule has 1 atom stereocenters. The van der Waals surface area contributed by atoms with Crippen molar-refractivity contribution in [3.63, 3.8) is 0 Å². The van der Waals surface area contributed by atoms with E-state index in [1.807, 2.05) is 24.3 Å². The van der Waals surface area contributed by atoms with Gasteiger partial charge in [-0.25, -0.2) is 0 Å². The SMILES string of the molecule is O=C(NCCCC(F)(F)F)C1CNCc2ccccc21. The van der Waals surface area contributed by atoms with Crippen LogP contribution in [0.2, 0.25) is 0 Å². The van der Waals surface area contributed by atoms with Crippen LogP contribution in [0.1, 0.15) is 29.9 Å². The summed E-state index contributed by atoms with van der Waals surface area (Å²) >= 11 is 0. The van der Waals surface area contributed by atoms with Gasteiger partial charge in [0.05, 0.1) is 5.92 Å². The Balaban J connectivity index is 1.88. The monoisotopic (exact) mass is 286 g/mol. The Hall–Kier alpha value is -1.56. The first-order chi connectivity index (χ1) is 9.47. The summed E-state index contributed by atoms with van der Waals surface area (Å²) in [7, 11) is 0. The molecule has 1 amide bonds. The average Bonchev–Trinajstić information content (AvgIpc) is 2.41. The number of rotatable bonds is 4. The molecule has 0 bridgehead atoms. The lowest BCUT2D eigenvalue weighted by Crippen LogP contribution is -2.39. The second-order valence-electron chi connectivity index (χ2n) is 4.89. The normalized spacial score (nSPS) is 18.4. The lowest BCUT2D eigenvalue weighted by molar-refractivity contribution is -0.136. The summed E-state index contributed by atoms with van der Waals surface area (Å²) in [5.41, 5.74) is 2.02. The highest BCUT2D eigenvalue weighted by atomic mass is 19.4. The zero-order valence-corrected chi connectivity index (χ0v) is 11.0. The van der Waals surface area contributed by atoms with Crippen LogP contribution in [0.3, 0.4) is 0 Å². The van der Waals surface area contributed by atoms with Crippen molar-refractivity contribution < 1.29 is 18.0 Å². The van der Waals surface area contributed by atoms with Crippen LogP contribution in [0.4, 0.5) is 13.2 Å². The molecule has 2 N–H and O–H groups in total. The van der Waals surface area contributed by atoms with E-state index in [1.165, 1.54) is 0 Å². The molecule has 0 spiro atoms. The van der Waals surface area contributed by atoms with Crippen LogP contribution in [-0.2, 0) is 11.3 Å². The molecule has 1 heterocycles. The smallest absolute Gasteiger partial charge is 0.356 e. The molecule has 1 aliphatic rings. The zero-order chi connectivity index (χ0) is 14.6. The van der Waals surface area contributed by atoms with Crippen molar-refractivity contribution in [2.75, 3.05) is 13.1 Å². The first-order valence-electron chi connectivity index (χ1n) is 6.60. The summed E-state index contributed by atoms with van der Waals surface area (Å²) < 4.78 is 36.0. The van der Waals surface area contributed by atoms with Gasteiger partial charge in [0.1, 0.15) is 0 Å². The van der Waals surface area contributed by atoms with Gasteiger partial charge in [0.2, 0.25) is 5.91 Å². The van der Waals surface area contributed by atoms with Gasteiger partial charge in [-0.1, -0.05) is 24.3 Å². The highest BCUT2D eigenvalue weighted by Gasteiger charge is 2.28. The Bertz CT molecular complexity index is 474. The second kappa shape index (κ2) is 6.26. The molecule has 0 aromatic heterocycles. The standard InChI is InChI=1S/C14H17F3N2O/c15-14(16,17)6-3-7-19-13(20)12-9-18-8-10-4-1-2-5-11(10)12/h1-2,4-5,12,18H,3,6-9H2,(H,19,20). The highest BCUT2D eigenvalue weighted by Crippen LogP contribution is 2.24. The van der Waals surface area contributed by atoms with Crippen molar-refractivity contribution in [2.24, 2.45) is 0 Å². The molecular weight excluding hydrogens is 269 g/mol. The zero-order valence-electron chi connectivity index (χ0n) is 11.0. The summed E-state index contributed by atoms with van der Waals surface area (Å²) in [5, 5.41) is 5.73. The van der Waals surface area contributed by atoms with Gasteiger partial charge in [0, 0.05) is 26.1 Å². The highest BCUT2D eigenvalue weighted by molar-refractivity contribution is 5.84. The van der Waals surface area contributed by atoms with Gasteiger partial charge < -0.3 is 10.6 Å². The molecule has 1 aromatic rings. The Morgan fingerprint density at radius 2 is 2.10 bits per heavy atom. The van der Waals surface area contributed by atoms with E-state index in [1.54, 1.807) is 0 Å². The van der Waals surface area contributed by atoms with Crippen LogP contribution >= 0.6 is 0 Å². The fourth-order valence-corrected chi connectivity index (χ4v) is 2.35. The van der Waals surface area contributed by atoms with Gasteiger partial charge in [-0.2, -0.15) is 13.2 Å². The first kappa shape index (κ1) is 14.8. The van der Waals surface area contributed by atoms with Gasteiger partial charge in [-0.15, -0.1) is 0 Å². The summed E-state index contributed by atoms with van der Waals surface area (Å²) in [6, 6.07) is 7.62. The fraction of sp³-hybridized carbons (Fsp3) is 0.500. The number of hydrogen-bond donors (Lipinski definition) is 2. The fourth-order valence-electron chi connectivity index (χ4n) is 2.35. The maximum absolute atomic E-state index is 12.1. The number of carbonyl (C=O) groups is 1. The van der Waals surface area contributed by atoms with E-state index in [0.717, 1.165) is 11.1 Å². The molecule has 110 valence electrons. The Morgan fingerprint density at radius 3 is 2.85 bits per heavy atom. The molecule has 0 saturated carbocycles. The predicted molar refractivity (Wildman–Crippen MR) is 69.2 cm³/mol. The number of halogens is 3. The van der Waals surface area contributed by atoms with E-state index in [9.17, 15) is 18.0 Å². The molecular formula is C14H17F3N2O. The van der Waals surface area contributed by atoms with E-state index in [-0.39, 0.29) is 24.8 Å². The molecule has 1 aliphatic heterocycles. The molecule has 6 heteroatoms. The van der Waals surface area contributed by atoms with Crippen molar-refractivity contribution >= 4 is 5.91 Å². The average molecular weight is 286 g/mol. The molecule has 0 fully saturated rings. The van der Waals surface area contributed by atoms with E-state index < -0.39 is 12.6 Å². The minimum Gasteiger partial charge on any atom is -0.356 e. The Morgan fingerprint density at radius 1 is 1.35 bits per heavy atom. The Kier molecular flexibility index (Phi) is 4.65. The number of benzene rings is 1. The Labute approximate surface area is 115 Å². The summed E-state index contributed by atoms with van der Waals surface area (Å²) in [5.74, 6) is -0.544. The van der Waals surface area contributed by atoms with Crippen molar-refractivity contribution in [1.29, 1.82) is 0 Å². The van der Waals surface area contributed by atoms with Crippen LogP contribution in [-0.4, -0.2) is 25.2 Å². The molecule has 1 aromatic carbocycles. The molecule has 20 heavy (non-hydrogen) atoms. The molecule has 1 unspecified atom stereocenters. The first-order valence-corrected chi connectivity index (χ1v) is 6.60. The summed E-state index contributed by atoms with van der Waals surface area (Å²) in [6.07, 6.45) is -5.12. The van der Waals surface area contributed by atoms with Crippen molar-refractivity contribution in [1.82, 2.24) is 10.6 Å². The number of alkyl halides is 3. The third kappa shape index (κ3) is 3.96. The lowest BCUT2D eigenvalue weighted by atomic mass is 9.90. The maximum Gasteiger partial charge on any atom is 0.389 e. The predicted octanol–water partition coefficient (Wildman–Crippen LogP) is 2.33. The van der Waals surface area contributed by atoms with E-state index in [4.69, 9.17) is 0 Å². The summed E-state index contributed by atoms with van der Waals surface area (Å²) in [4.78, 5) is 12.1. The molecule has 0 aliphatic carbocycles. The summed E-state index contributed by atoms with van der Waals surface area (Å²) in [6.45, 7) is 1.28. The lowest BCUT2D eigenvalue weighted by Gasteiger charge is -2.25. The van der Waals surface area contributed by atoms with Gasteiger partial charge in [0.25, 0.3) is 0 Å². The third-order valence-corrected chi connectivity index (χ3v) is 3.35. The minimum absolute atomic E-state index is 0.0526. The van der Waals surface area contributed by atoms with E-state index >= 15 is 0 Å². The number of hydrogen-bond acceptors (Lipinski definition) is 2. The van der Waals surface area contributed by atoms with Crippen LogP contribution in [0, 0.1) is 0 Å². The molecule has 0 saturated heterocycles. The number of fused-ring (bicyclic) bond motifs is 1. The van der Waals surface area contributed by atoms with Crippen molar-refractivity contribution in [2.45, 2.75) is 31.5 Å². The van der Waals surface area contributed by atoms with Gasteiger partial charge in [-0.3, -0.25) is 4.79 Å². The third-order valence-electron chi connectivity index (χ3n) is 3.35. The number of amides is 1. The second-order valence-corrected chi connectivity index (χ2v) is 4.89. The van der Waals surface area contributed by atoms with Gasteiger partial charge in [0.15, 0.2) is 0 Å². The topological polar surface area (TPSA) is 41.1 Å². The van der Waals surface area contributed by atoms with Crippen LogP contribution in [0.25, 0.3) is 0 Å². The van der Waals surface area contributed by atoms with Crippen LogP contribution < -0.4 is 10.6 Å². The molecule has 0 radical (unpaired) electrons. The minimum atomic E-state index is -4.16. The van der Waals surface area contributed by atoms with E-state index in [0.29, 0.717) is 13.1 Å². The van der Waals surface area contributed by atoms with E-state index in [2.05, 4.69) is 10.6 Å². The number of nitrogens with one attached hydrogen (secondary N) is 2. The van der Waals surface area contributed by atoms with Crippen molar-refractivity contribution in [3.8, 4) is 0 Å². The quantitative estimate of drug-likeness (QED) is 0.834. The molecule has 2 rings (SSSR count). The van der Waals surface area contributed by atoms with Gasteiger partial charge in [-0.05, 0) is 17.5 Å². The number of carbonyl (C=O) groups excluding carboxylic acids is 1. The maximum atomic E-state index is 12.1. The van der Waals surface area contributed by atoms with Crippen molar-refractivity contribution in [3.05, 3.63) is 35.4 Å². The van der Waals surface area contributed by atoms with Crippen LogP contribution in [0.5, 0.6) is 0 Å².